The van der Waals surface area contributed by atoms with Crippen LogP contribution in [0.15, 0.2) is 83.3 Å². The van der Waals surface area contributed by atoms with Crippen molar-refractivity contribution in [2.75, 3.05) is 0 Å². The maximum Gasteiger partial charge on any atom is 0.344 e. The van der Waals surface area contributed by atoms with Crippen molar-refractivity contribution >= 4 is 17.7 Å². The van der Waals surface area contributed by atoms with Gasteiger partial charge in [0, 0.05) is 19.6 Å². The molecule has 1 aromatic heterocycles. The van der Waals surface area contributed by atoms with Crippen LogP contribution in [-0.2, 0) is 24.4 Å². The van der Waals surface area contributed by atoms with E-state index >= 15 is 0 Å². The fraction of sp³-hybridized carbons (Fsp3) is 0.227. The Morgan fingerprint density at radius 1 is 1.14 bits per heavy atom. The molecule has 29 heavy (non-hydrogen) atoms. The smallest absolute Gasteiger partial charge is 0.333 e. The number of hydrogen-bond donors (Lipinski definition) is 1. The van der Waals surface area contributed by atoms with Crippen molar-refractivity contribution in [2.24, 2.45) is 0 Å². The van der Waals surface area contributed by atoms with Crippen molar-refractivity contribution in [3.8, 4) is 0 Å². The molecule has 1 amide bonds. The Kier molecular flexibility index (Phi) is 7.08. The summed E-state index contributed by atoms with van der Waals surface area (Å²) in [4.78, 5) is 27.0. The van der Waals surface area contributed by atoms with Gasteiger partial charge in [0.25, 0.3) is 0 Å². The number of benzene rings is 2. The maximum absolute atomic E-state index is 13.3. The topological polar surface area (TPSA) is 71.0 Å². The number of allylic oxidation sites excluding steroid dienone is 1. The van der Waals surface area contributed by atoms with Crippen LogP contribution in [0.25, 0.3) is 0 Å². The molecule has 6 nitrogen and oxygen atoms in total. The second-order valence-corrected chi connectivity index (χ2v) is 7.94. The van der Waals surface area contributed by atoms with Crippen molar-refractivity contribution in [1.82, 2.24) is 19.7 Å². The summed E-state index contributed by atoms with van der Waals surface area (Å²) in [5, 5.41) is 6.57. The number of carbonyl (C=O) groups excluding carboxylic acids is 1. The van der Waals surface area contributed by atoms with Crippen molar-refractivity contribution in [3.05, 3.63) is 94.9 Å². The first-order chi connectivity index (χ1) is 14.1. The zero-order valence-electron chi connectivity index (χ0n) is 16.3. The Hall–Kier alpha value is -3.06. The molecule has 0 spiro atoms. The van der Waals surface area contributed by atoms with Gasteiger partial charge in [0.15, 0.2) is 5.16 Å². The van der Waals surface area contributed by atoms with Gasteiger partial charge in [-0.1, -0.05) is 78.5 Å². The van der Waals surface area contributed by atoms with Gasteiger partial charge < -0.3 is 4.90 Å². The summed E-state index contributed by atoms with van der Waals surface area (Å²) < 4.78 is 1.47. The third-order valence-electron chi connectivity index (χ3n) is 4.41. The molecule has 0 aliphatic carbocycles. The highest BCUT2D eigenvalue weighted by Gasteiger charge is 2.24. The van der Waals surface area contributed by atoms with Gasteiger partial charge in [-0.25, -0.2) is 9.89 Å². The van der Waals surface area contributed by atoms with Gasteiger partial charge in [0.2, 0.25) is 5.91 Å². The molecule has 0 saturated heterocycles. The van der Waals surface area contributed by atoms with Crippen molar-refractivity contribution in [3.63, 3.8) is 0 Å². The van der Waals surface area contributed by atoms with Crippen LogP contribution in [0.3, 0.4) is 0 Å². The molecule has 1 N–H and O–H groups in total. The van der Waals surface area contributed by atoms with Crippen LogP contribution in [0.2, 0.25) is 0 Å². The summed E-state index contributed by atoms with van der Waals surface area (Å²) in [6.07, 6.45) is 1.63. The number of aromatic amines is 1. The summed E-state index contributed by atoms with van der Waals surface area (Å²) in [6, 6.07) is 19.8. The van der Waals surface area contributed by atoms with Crippen LogP contribution in [0, 0.1) is 0 Å². The Morgan fingerprint density at radius 3 is 2.21 bits per heavy atom. The lowest BCUT2D eigenvalue weighted by molar-refractivity contribution is -0.131. The molecule has 2 aromatic carbocycles. The lowest BCUT2D eigenvalue weighted by Gasteiger charge is -2.26. The first-order valence-electron chi connectivity index (χ1n) is 9.38. The summed E-state index contributed by atoms with van der Waals surface area (Å²) in [5.74, 6) is -0.0108. The molecule has 0 unspecified atom stereocenters. The van der Waals surface area contributed by atoms with Crippen LogP contribution >= 0.6 is 11.8 Å². The molecule has 0 bridgehead atoms. The Bertz CT molecular complexity index is 957. The van der Waals surface area contributed by atoms with Crippen LogP contribution in [0.4, 0.5) is 0 Å². The highest BCUT2D eigenvalue weighted by Crippen LogP contribution is 2.23. The number of aromatic nitrogens is 3. The van der Waals surface area contributed by atoms with Crippen molar-refractivity contribution in [1.29, 1.82) is 0 Å². The van der Waals surface area contributed by atoms with Gasteiger partial charge >= 0.3 is 5.69 Å². The summed E-state index contributed by atoms with van der Waals surface area (Å²) in [5.41, 5.74) is 1.83. The molecular weight excluding hydrogens is 384 g/mol. The van der Waals surface area contributed by atoms with E-state index in [2.05, 4.69) is 16.8 Å². The van der Waals surface area contributed by atoms with Crippen molar-refractivity contribution < 1.29 is 4.79 Å². The molecule has 3 aromatic rings. The molecule has 1 atom stereocenters. The molecule has 0 aliphatic rings. The third kappa shape index (κ3) is 5.48. The van der Waals surface area contributed by atoms with E-state index in [1.54, 1.807) is 6.08 Å². The predicted molar refractivity (Wildman–Crippen MR) is 116 cm³/mol. The highest BCUT2D eigenvalue weighted by molar-refractivity contribution is 8.00. The summed E-state index contributed by atoms with van der Waals surface area (Å²) in [6.45, 7) is 6.88. The minimum atomic E-state index is -0.402. The van der Waals surface area contributed by atoms with E-state index < -0.39 is 5.25 Å². The van der Waals surface area contributed by atoms with E-state index in [0.717, 1.165) is 11.1 Å². The molecular formula is C22H24N4O2S. The number of rotatable bonds is 9. The van der Waals surface area contributed by atoms with Gasteiger partial charge in [0.05, 0.1) is 5.25 Å². The van der Waals surface area contributed by atoms with E-state index in [4.69, 9.17) is 0 Å². The standard InChI is InChI=1S/C22H24N4O2S/c1-3-14-26-21(28)23-24-22(26)29-17(2)20(27)25(15-18-10-6-4-7-11-18)16-19-12-8-5-9-13-19/h3-13,17H,1,14-16H2,2H3,(H,23,28)/t17-/m1/s1. The van der Waals surface area contributed by atoms with Crippen LogP contribution in [0.5, 0.6) is 0 Å². The largest absolute Gasteiger partial charge is 0.344 e. The molecule has 0 saturated carbocycles. The number of hydrogen-bond acceptors (Lipinski definition) is 4. The minimum absolute atomic E-state index is 0.0108. The maximum atomic E-state index is 13.3. The van der Waals surface area contributed by atoms with E-state index in [0.29, 0.717) is 24.8 Å². The normalized spacial score (nSPS) is 11.8. The Balaban J connectivity index is 1.79. The van der Waals surface area contributed by atoms with E-state index in [9.17, 15) is 9.59 Å². The minimum Gasteiger partial charge on any atom is -0.333 e. The van der Waals surface area contributed by atoms with Gasteiger partial charge in [-0.15, -0.1) is 11.7 Å². The first-order valence-corrected chi connectivity index (χ1v) is 10.3. The molecule has 150 valence electrons. The zero-order chi connectivity index (χ0) is 20.6. The molecule has 0 radical (unpaired) electrons. The summed E-state index contributed by atoms with van der Waals surface area (Å²) >= 11 is 1.27. The van der Waals surface area contributed by atoms with Gasteiger partial charge in [-0.3, -0.25) is 9.36 Å². The number of nitrogens with one attached hydrogen (secondary N) is 1. The number of amides is 1. The fourth-order valence-electron chi connectivity index (χ4n) is 2.97. The second-order valence-electron chi connectivity index (χ2n) is 6.64. The van der Waals surface area contributed by atoms with Crippen molar-refractivity contribution in [2.45, 2.75) is 37.0 Å². The first kappa shape index (κ1) is 20.7. The van der Waals surface area contributed by atoms with E-state index in [1.165, 1.54) is 16.3 Å². The third-order valence-corrected chi connectivity index (χ3v) is 5.49. The molecule has 7 heteroatoms. The van der Waals surface area contributed by atoms with Crippen LogP contribution < -0.4 is 5.69 Å². The van der Waals surface area contributed by atoms with Gasteiger partial charge in [-0.2, -0.15) is 0 Å². The predicted octanol–water partition coefficient (Wildman–Crippen LogP) is 3.47. The average Bonchev–Trinajstić information content (AvgIpc) is 3.08. The monoisotopic (exact) mass is 408 g/mol. The lowest BCUT2D eigenvalue weighted by Crippen LogP contribution is -2.36. The number of H-pyrrole nitrogens is 1. The molecule has 0 aliphatic heterocycles. The lowest BCUT2D eigenvalue weighted by atomic mass is 10.1. The Morgan fingerprint density at radius 2 is 1.69 bits per heavy atom. The van der Waals surface area contributed by atoms with Gasteiger partial charge in [0.1, 0.15) is 0 Å². The van der Waals surface area contributed by atoms with Crippen LogP contribution in [-0.4, -0.2) is 30.8 Å². The van der Waals surface area contributed by atoms with E-state index in [1.807, 2.05) is 72.5 Å². The SMILES string of the molecule is C=CCn1c(S[C@H](C)C(=O)N(Cc2ccccc2)Cc2ccccc2)n[nH]c1=O. The fourth-order valence-corrected chi connectivity index (χ4v) is 3.92. The number of thioether (sulfide) groups is 1. The zero-order valence-corrected chi connectivity index (χ0v) is 17.1. The van der Waals surface area contributed by atoms with E-state index in [-0.39, 0.29) is 11.6 Å². The molecule has 0 fully saturated rings. The highest BCUT2D eigenvalue weighted by atomic mass is 32.2. The quantitative estimate of drug-likeness (QED) is 0.435. The van der Waals surface area contributed by atoms with Crippen LogP contribution in [0.1, 0.15) is 18.1 Å². The summed E-state index contributed by atoms with van der Waals surface area (Å²) in [7, 11) is 0. The average molecular weight is 409 g/mol. The number of nitrogens with zero attached hydrogens (tertiary/aromatic N) is 3. The van der Waals surface area contributed by atoms with Gasteiger partial charge in [-0.05, 0) is 18.1 Å². The second kappa shape index (κ2) is 9.93. The number of carbonyl (C=O) groups is 1. The Labute approximate surface area is 174 Å². The molecule has 3 rings (SSSR count). The molecule has 1 heterocycles.